The van der Waals surface area contributed by atoms with E-state index in [2.05, 4.69) is 36.3 Å². The van der Waals surface area contributed by atoms with Crippen LogP contribution in [0.4, 0.5) is 0 Å². The van der Waals surface area contributed by atoms with Gasteiger partial charge in [-0.15, -0.1) is 5.10 Å². The first kappa shape index (κ1) is 24.1. The number of ether oxygens (including phenoxy) is 3. The highest BCUT2D eigenvalue weighted by Crippen LogP contribution is 2.30. The highest BCUT2D eigenvalue weighted by molar-refractivity contribution is 5.37. The molecule has 4 N–H and O–H groups in total. The van der Waals surface area contributed by atoms with E-state index in [1.807, 2.05) is 11.6 Å². The molecule has 9 heteroatoms. The van der Waals surface area contributed by atoms with Gasteiger partial charge in [0.05, 0.1) is 19.3 Å². The van der Waals surface area contributed by atoms with Gasteiger partial charge in [0.15, 0.2) is 0 Å². The van der Waals surface area contributed by atoms with Gasteiger partial charge in [-0.25, -0.2) is 0 Å². The molecule has 0 radical (unpaired) electrons. The second-order valence-electron chi connectivity index (χ2n) is 8.85. The third kappa shape index (κ3) is 5.24. The average molecular weight is 463 g/mol. The van der Waals surface area contributed by atoms with Gasteiger partial charge in [-0.05, 0) is 37.3 Å². The Kier molecular flexibility index (Phi) is 7.68. The summed E-state index contributed by atoms with van der Waals surface area (Å²) in [7, 11) is 0. The number of benzene rings is 1. The van der Waals surface area contributed by atoms with Gasteiger partial charge in [0.25, 0.3) is 0 Å². The number of aryl methyl sites for hydroxylation is 1. The largest absolute Gasteiger partial charge is 0.443 e. The second kappa shape index (κ2) is 10.5. The summed E-state index contributed by atoms with van der Waals surface area (Å²) in [5.74, 6) is 0.286. The molecule has 0 bridgehead atoms. The Morgan fingerprint density at radius 1 is 1.09 bits per heavy atom. The molecular weight excluding hydrogens is 428 g/mol. The Bertz CT molecular complexity index is 908. The molecule has 2 aliphatic heterocycles. The van der Waals surface area contributed by atoms with E-state index in [0.29, 0.717) is 13.0 Å². The van der Waals surface area contributed by atoms with Crippen molar-refractivity contribution in [1.29, 1.82) is 0 Å². The van der Waals surface area contributed by atoms with Crippen LogP contribution in [-0.4, -0.2) is 80.2 Å². The number of hydrogen-bond acceptors (Lipinski definition) is 8. The maximum atomic E-state index is 10.4. The first-order valence-corrected chi connectivity index (χ1v) is 11.6. The van der Waals surface area contributed by atoms with Gasteiger partial charge in [-0.1, -0.05) is 31.2 Å². The summed E-state index contributed by atoms with van der Waals surface area (Å²) in [6.45, 7) is 4.90. The second-order valence-corrected chi connectivity index (χ2v) is 8.85. The Morgan fingerprint density at radius 2 is 1.82 bits per heavy atom. The van der Waals surface area contributed by atoms with Gasteiger partial charge in [0.1, 0.15) is 24.4 Å². The normalized spacial score (nSPS) is 30.0. The van der Waals surface area contributed by atoms with E-state index in [-0.39, 0.29) is 12.0 Å². The highest BCUT2D eigenvalue weighted by Gasteiger charge is 2.45. The van der Waals surface area contributed by atoms with Gasteiger partial charge < -0.3 is 34.6 Å². The molecule has 0 aliphatic carbocycles. The van der Waals surface area contributed by atoms with E-state index >= 15 is 0 Å². The number of aliphatic hydroxyl groups excluding tert-OH is 4. The summed E-state index contributed by atoms with van der Waals surface area (Å²) in [6, 6.07) is 8.35. The first-order chi connectivity index (χ1) is 15.9. The molecule has 3 unspecified atom stereocenters. The lowest BCUT2D eigenvalue weighted by Gasteiger charge is -2.39. The molecule has 6 atom stereocenters. The van der Waals surface area contributed by atoms with Crippen molar-refractivity contribution in [3.8, 4) is 5.88 Å². The van der Waals surface area contributed by atoms with E-state index in [1.165, 1.54) is 5.56 Å². The zero-order chi connectivity index (χ0) is 23.5. The third-order valence-corrected chi connectivity index (χ3v) is 6.58. The molecule has 1 aromatic carbocycles. The van der Waals surface area contributed by atoms with Crippen LogP contribution in [0.2, 0.25) is 0 Å². The molecule has 1 aromatic heterocycles. The zero-order valence-electron chi connectivity index (χ0n) is 19.1. The monoisotopic (exact) mass is 462 g/mol. The number of aromatic nitrogens is 2. The highest BCUT2D eigenvalue weighted by atomic mass is 16.7. The topological polar surface area (TPSA) is 126 Å². The fourth-order valence-corrected chi connectivity index (χ4v) is 4.38. The summed E-state index contributed by atoms with van der Waals surface area (Å²) in [5.41, 5.74) is 4.10. The minimum absolute atomic E-state index is 0.0837. The molecule has 0 amide bonds. The molecule has 2 aliphatic rings. The molecule has 2 fully saturated rings. The molecule has 2 aromatic rings. The standard InChI is InChI=1S/C24H34N2O7/c1-3-15-6-8-16(9-7-15)11-18-14(2)26(12-17-5-4-10-31-17)25-23(18)33-24-22(30)21(29)20(28)19(13-27)32-24/h6-9,17,19-22,24,27-30H,3-5,10-13H2,1-2H3/t17?,19?,20-,21?,22-,24+/m1/s1. The van der Waals surface area contributed by atoms with Crippen molar-refractivity contribution < 1.29 is 34.6 Å². The summed E-state index contributed by atoms with van der Waals surface area (Å²) in [6.07, 6.45) is -3.19. The lowest BCUT2D eigenvalue weighted by Crippen LogP contribution is -2.60. The Morgan fingerprint density at radius 3 is 2.45 bits per heavy atom. The molecule has 2 saturated heterocycles. The van der Waals surface area contributed by atoms with Crippen LogP contribution < -0.4 is 4.74 Å². The fourth-order valence-electron chi connectivity index (χ4n) is 4.38. The molecule has 4 rings (SSSR count). The lowest BCUT2D eigenvalue weighted by molar-refractivity contribution is -0.278. The van der Waals surface area contributed by atoms with Crippen LogP contribution in [0.3, 0.4) is 0 Å². The van der Waals surface area contributed by atoms with Crippen LogP contribution in [0.25, 0.3) is 0 Å². The Labute approximate surface area is 193 Å². The predicted molar refractivity (Wildman–Crippen MR) is 119 cm³/mol. The van der Waals surface area contributed by atoms with Gasteiger partial charge in [0.2, 0.25) is 12.2 Å². The van der Waals surface area contributed by atoms with Gasteiger partial charge >= 0.3 is 0 Å². The van der Waals surface area contributed by atoms with Gasteiger partial charge in [-0.3, -0.25) is 4.68 Å². The number of hydrogen-bond donors (Lipinski definition) is 4. The number of rotatable bonds is 8. The minimum Gasteiger partial charge on any atom is -0.443 e. The molecule has 0 saturated carbocycles. The van der Waals surface area contributed by atoms with Crippen LogP contribution in [-0.2, 0) is 28.9 Å². The molecule has 182 valence electrons. The van der Waals surface area contributed by atoms with E-state index in [9.17, 15) is 20.4 Å². The molecule has 3 heterocycles. The summed E-state index contributed by atoms with van der Waals surface area (Å²) >= 11 is 0. The van der Waals surface area contributed by atoms with E-state index in [0.717, 1.165) is 42.7 Å². The summed E-state index contributed by atoms with van der Waals surface area (Å²) in [5, 5.41) is 44.7. The van der Waals surface area contributed by atoms with E-state index < -0.39 is 37.3 Å². The third-order valence-electron chi connectivity index (χ3n) is 6.58. The maximum Gasteiger partial charge on any atom is 0.239 e. The minimum atomic E-state index is -1.51. The van der Waals surface area contributed by atoms with Crippen molar-refractivity contribution in [3.63, 3.8) is 0 Å². The van der Waals surface area contributed by atoms with Gasteiger partial charge in [0, 0.05) is 24.3 Å². The van der Waals surface area contributed by atoms with Crippen molar-refractivity contribution in [2.24, 2.45) is 0 Å². The predicted octanol–water partition coefficient (Wildman–Crippen LogP) is 0.702. The maximum absolute atomic E-state index is 10.4. The van der Waals surface area contributed by atoms with Crippen LogP contribution in [0.1, 0.15) is 42.1 Å². The lowest BCUT2D eigenvalue weighted by atomic mass is 9.99. The Balaban J connectivity index is 1.61. The molecule has 33 heavy (non-hydrogen) atoms. The smallest absolute Gasteiger partial charge is 0.239 e. The quantitative estimate of drug-likeness (QED) is 0.452. The van der Waals surface area contributed by atoms with Crippen molar-refractivity contribution in [3.05, 3.63) is 46.6 Å². The average Bonchev–Trinajstić information content (AvgIpc) is 3.44. The van der Waals surface area contributed by atoms with E-state index in [4.69, 9.17) is 14.2 Å². The zero-order valence-corrected chi connectivity index (χ0v) is 19.1. The number of nitrogens with zero attached hydrogens (tertiary/aromatic N) is 2. The van der Waals surface area contributed by atoms with Crippen molar-refractivity contribution in [2.75, 3.05) is 13.2 Å². The first-order valence-electron chi connectivity index (χ1n) is 11.6. The SMILES string of the molecule is CCc1ccc(Cc2c(O[C@@H]3OC(CO)[C@@H](O)C(O)[C@H]3O)nn(CC3CCCO3)c2C)cc1. The van der Waals surface area contributed by atoms with Crippen LogP contribution in [0.15, 0.2) is 24.3 Å². The molecule has 9 nitrogen and oxygen atoms in total. The van der Waals surface area contributed by atoms with Crippen molar-refractivity contribution in [2.45, 2.75) is 82.9 Å². The van der Waals surface area contributed by atoms with Gasteiger partial charge in [-0.2, -0.15) is 0 Å². The summed E-state index contributed by atoms with van der Waals surface area (Å²) < 4.78 is 19.1. The van der Waals surface area contributed by atoms with Crippen LogP contribution in [0.5, 0.6) is 5.88 Å². The molecular formula is C24H34N2O7. The summed E-state index contributed by atoms with van der Waals surface area (Å²) in [4.78, 5) is 0. The van der Waals surface area contributed by atoms with E-state index in [1.54, 1.807) is 0 Å². The van der Waals surface area contributed by atoms with Crippen LogP contribution in [0, 0.1) is 6.92 Å². The van der Waals surface area contributed by atoms with Crippen LogP contribution >= 0.6 is 0 Å². The fraction of sp³-hybridized carbons (Fsp3) is 0.625. The molecule has 0 spiro atoms. The number of aliphatic hydroxyl groups is 4. The Hall–Kier alpha value is -2.01. The van der Waals surface area contributed by atoms with Crippen molar-refractivity contribution >= 4 is 0 Å². The van der Waals surface area contributed by atoms with Crippen molar-refractivity contribution in [1.82, 2.24) is 9.78 Å².